The lowest BCUT2D eigenvalue weighted by atomic mass is 10.3. The van der Waals surface area contributed by atoms with E-state index in [4.69, 9.17) is 5.21 Å². The second-order valence-corrected chi connectivity index (χ2v) is 3.18. The Balaban J connectivity index is 2.95. The number of hydrogen-bond donors (Lipinski definition) is 1. The summed E-state index contributed by atoms with van der Waals surface area (Å²) in [6.07, 6.45) is 0.353. The summed E-state index contributed by atoms with van der Waals surface area (Å²) in [6, 6.07) is 7.00. The molecule has 1 amide bonds. The maximum absolute atomic E-state index is 10.1. The van der Waals surface area contributed by atoms with Gasteiger partial charge in [-0.05, 0) is 40.8 Å². The summed E-state index contributed by atoms with van der Waals surface area (Å²) in [6.45, 7) is 0. The number of carbonyl (C=O) groups excluding carboxylic acids is 1. The quantitative estimate of drug-likeness (QED) is 0.381. The third-order valence-electron chi connectivity index (χ3n) is 1.17. The summed E-state index contributed by atoms with van der Waals surface area (Å²) < 4.78 is 0.973. The molecule has 4 heteroatoms. The Hall–Kier alpha value is -0.620. The molecule has 0 bridgehead atoms. The fourth-order valence-corrected chi connectivity index (χ4v) is 1.21. The Bertz CT molecular complexity index is 264. The molecule has 1 rings (SSSR count). The maximum Gasteiger partial charge on any atom is 0.237 e. The van der Waals surface area contributed by atoms with Gasteiger partial charge in [-0.25, -0.2) is 0 Å². The fourth-order valence-electron chi connectivity index (χ4n) is 0.679. The molecule has 1 aromatic carbocycles. The lowest BCUT2D eigenvalue weighted by molar-refractivity contribution is -0.111. The summed E-state index contributed by atoms with van der Waals surface area (Å²) in [5, 5.41) is 9.46. The van der Waals surface area contributed by atoms with Crippen molar-refractivity contribution in [1.29, 1.82) is 0 Å². The summed E-state index contributed by atoms with van der Waals surface area (Å²) in [5.74, 6) is 0. The standard InChI is InChI=1S/C7H6INO2/c8-6-2-1-3-7(4-6)9(11)5-10/h1-5,11H. The van der Waals surface area contributed by atoms with Crippen LogP contribution in [0.3, 0.4) is 0 Å². The highest BCUT2D eigenvalue weighted by molar-refractivity contribution is 14.1. The SMILES string of the molecule is O=CN(O)c1cccc(I)c1. The zero-order chi connectivity index (χ0) is 8.27. The molecule has 0 aliphatic carbocycles. The molecule has 1 N–H and O–H groups in total. The number of rotatable bonds is 2. The molecule has 0 saturated carbocycles. The van der Waals surface area contributed by atoms with E-state index in [0.29, 0.717) is 17.2 Å². The second-order valence-electron chi connectivity index (χ2n) is 1.93. The van der Waals surface area contributed by atoms with Crippen LogP contribution < -0.4 is 5.06 Å². The minimum absolute atomic E-state index is 0.353. The third kappa shape index (κ3) is 2.16. The number of anilines is 1. The summed E-state index contributed by atoms with van der Waals surface area (Å²) in [5.41, 5.74) is 0.479. The number of benzene rings is 1. The van der Waals surface area contributed by atoms with Gasteiger partial charge in [0.25, 0.3) is 0 Å². The lowest BCUT2D eigenvalue weighted by Crippen LogP contribution is -2.14. The number of amides is 1. The van der Waals surface area contributed by atoms with Crippen LogP contribution in [0.25, 0.3) is 0 Å². The number of hydroxylamine groups is 1. The van der Waals surface area contributed by atoms with Crippen molar-refractivity contribution in [1.82, 2.24) is 0 Å². The number of halogens is 1. The van der Waals surface area contributed by atoms with Gasteiger partial charge in [-0.1, -0.05) is 6.07 Å². The van der Waals surface area contributed by atoms with Crippen LogP contribution in [0.5, 0.6) is 0 Å². The minimum atomic E-state index is 0.353. The van der Waals surface area contributed by atoms with Gasteiger partial charge in [0.05, 0.1) is 5.69 Å². The molecule has 0 saturated heterocycles. The predicted molar refractivity (Wildman–Crippen MR) is 49.5 cm³/mol. The molecule has 0 radical (unpaired) electrons. The topological polar surface area (TPSA) is 40.5 Å². The zero-order valence-electron chi connectivity index (χ0n) is 5.57. The number of nitrogens with zero attached hydrogens (tertiary/aromatic N) is 1. The smallest absolute Gasteiger partial charge is 0.237 e. The van der Waals surface area contributed by atoms with Gasteiger partial charge in [-0.3, -0.25) is 10.0 Å². The number of carbonyl (C=O) groups is 1. The molecule has 58 valence electrons. The highest BCUT2D eigenvalue weighted by Gasteiger charge is 1.99. The first-order chi connectivity index (χ1) is 5.24. The Morgan fingerprint density at radius 1 is 1.55 bits per heavy atom. The van der Waals surface area contributed by atoms with Gasteiger partial charge in [-0.2, -0.15) is 5.06 Å². The predicted octanol–water partition coefficient (Wildman–Crippen LogP) is 1.64. The van der Waals surface area contributed by atoms with Crippen LogP contribution in [0.2, 0.25) is 0 Å². The minimum Gasteiger partial charge on any atom is -0.281 e. The average Bonchev–Trinajstić information content (AvgIpc) is 2.03. The molecule has 11 heavy (non-hydrogen) atoms. The van der Waals surface area contributed by atoms with E-state index >= 15 is 0 Å². The van der Waals surface area contributed by atoms with Crippen LogP contribution in [-0.2, 0) is 4.79 Å². The second kappa shape index (κ2) is 3.68. The normalized spacial score (nSPS) is 9.27. The van der Waals surface area contributed by atoms with Crippen molar-refractivity contribution in [2.24, 2.45) is 0 Å². The third-order valence-corrected chi connectivity index (χ3v) is 1.84. The Labute approximate surface area is 77.7 Å². The maximum atomic E-state index is 10.1. The van der Waals surface area contributed by atoms with Gasteiger partial charge in [0.1, 0.15) is 0 Å². The molecule has 0 unspecified atom stereocenters. The number of hydrogen-bond acceptors (Lipinski definition) is 2. The Morgan fingerprint density at radius 3 is 2.82 bits per heavy atom. The zero-order valence-corrected chi connectivity index (χ0v) is 7.72. The summed E-state index contributed by atoms with van der Waals surface area (Å²) >= 11 is 2.10. The van der Waals surface area contributed by atoms with E-state index in [9.17, 15) is 4.79 Å². The van der Waals surface area contributed by atoms with E-state index in [1.807, 2.05) is 6.07 Å². The van der Waals surface area contributed by atoms with Gasteiger partial charge < -0.3 is 0 Å². The van der Waals surface area contributed by atoms with E-state index < -0.39 is 0 Å². The highest BCUT2D eigenvalue weighted by atomic mass is 127. The summed E-state index contributed by atoms with van der Waals surface area (Å²) in [7, 11) is 0. The summed E-state index contributed by atoms with van der Waals surface area (Å²) in [4.78, 5) is 10.1. The van der Waals surface area contributed by atoms with Crippen molar-refractivity contribution in [3.05, 3.63) is 27.8 Å². The largest absolute Gasteiger partial charge is 0.281 e. The fraction of sp³-hybridized carbons (Fsp3) is 0. The van der Waals surface area contributed by atoms with Crippen LogP contribution in [0.4, 0.5) is 5.69 Å². The van der Waals surface area contributed by atoms with E-state index in [1.54, 1.807) is 18.2 Å². The van der Waals surface area contributed by atoms with E-state index in [0.717, 1.165) is 3.57 Å². The first kappa shape index (κ1) is 8.48. The molecule has 3 nitrogen and oxygen atoms in total. The van der Waals surface area contributed by atoms with Gasteiger partial charge in [-0.15, -0.1) is 0 Å². The molecule has 0 aliphatic heterocycles. The highest BCUT2D eigenvalue weighted by Crippen LogP contribution is 2.14. The molecule has 0 fully saturated rings. The van der Waals surface area contributed by atoms with Crippen LogP contribution in [-0.4, -0.2) is 11.6 Å². The molecule has 1 aromatic rings. The first-order valence-corrected chi connectivity index (χ1v) is 4.01. The van der Waals surface area contributed by atoms with Crippen LogP contribution in [0.15, 0.2) is 24.3 Å². The van der Waals surface area contributed by atoms with Crippen LogP contribution in [0.1, 0.15) is 0 Å². The Kier molecular flexibility index (Phi) is 2.84. The van der Waals surface area contributed by atoms with E-state index in [1.165, 1.54) is 0 Å². The van der Waals surface area contributed by atoms with Crippen molar-refractivity contribution in [3.63, 3.8) is 0 Å². The molecule has 0 aliphatic rings. The molecule has 0 spiro atoms. The lowest BCUT2D eigenvalue weighted by Gasteiger charge is -2.07. The van der Waals surface area contributed by atoms with E-state index in [2.05, 4.69) is 22.6 Å². The Morgan fingerprint density at radius 2 is 2.27 bits per heavy atom. The molecule has 0 aromatic heterocycles. The van der Waals surface area contributed by atoms with E-state index in [-0.39, 0.29) is 0 Å². The molecule has 0 heterocycles. The van der Waals surface area contributed by atoms with Crippen molar-refractivity contribution in [2.75, 3.05) is 5.06 Å². The molecular weight excluding hydrogens is 257 g/mol. The van der Waals surface area contributed by atoms with Crippen molar-refractivity contribution >= 4 is 34.7 Å². The molecule has 0 atom stereocenters. The van der Waals surface area contributed by atoms with Gasteiger partial charge in [0.2, 0.25) is 6.41 Å². The van der Waals surface area contributed by atoms with Crippen LogP contribution >= 0.6 is 22.6 Å². The van der Waals surface area contributed by atoms with Crippen molar-refractivity contribution < 1.29 is 10.0 Å². The van der Waals surface area contributed by atoms with Crippen LogP contribution in [0, 0.1) is 3.57 Å². The molecular formula is C7H6INO2. The van der Waals surface area contributed by atoms with Gasteiger partial charge in [0.15, 0.2) is 0 Å². The average molecular weight is 263 g/mol. The van der Waals surface area contributed by atoms with Gasteiger partial charge >= 0.3 is 0 Å². The van der Waals surface area contributed by atoms with Gasteiger partial charge in [0, 0.05) is 3.57 Å². The first-order valence-electron chi connectivity index (χ1n) is 2.93. The monoisotopic (exact) mass is 263 g/mol. The van der Waals surface area contributed by atoms with Crippen molar-refractivity contribution in [2.45, 2.75) is 0 Å². The van der Waals surface area contributed by atoms with Crippen molar-refractivity contribution in [3.8, 4) is 0 Å².